The number of nitrogens with one attached hydrogen (secondary N) is 1. The van der Waals surface area contributed by atoms with Crippen molar-refractivity contribution in [3.63, 3.8) is 0 Å². The van der Waals surface area contributed by atoms with Gasteiger partial charge in [-0.3, -0.25) is 0 Å². The van der Waals surface area contributed by atoms with Crippen LogP contribution in [-0.4, -0.2) is 55.3 Å². The van der Waals surface area contributed by atoms with Gasteiger partial charge in [-0.25, -0.2) is 9.59 Å². The molecule has 1 saturated heterocycles. The lowest BCUT2D eigenvalue weighted by Crippen LogP contribution is -2.45. The monoisotopic (exact) mass is 426 g/mol. The van der Waals surface area contributed by atoms with Crippen molar-refractivity contribution >= 4 is 12.0 Å². The molecule has 0 aliphatic carbocycles. The molecule has 1 aliphatic rings. The van der Waals surface area contributed by atoms with E-state index in [1.54, 1.807) is 25.8 Å². The summed E-state index contributed by atoms with van der Waals surface area (Å²) in [5.74, 6) is 0.955. The Hall–Kier alpha value is -3.22. The number of urea groups is 1. The Bertz CT molecular complexity index is 871. The molecule has 1 N–H and O–H groups in total. The van der Waals surface area contributed by atoms with Crippen LogP contribution in [-0.2, 0) is 16.0 Å². The van der Waals surface area contributed by atoms with Gasteiger partial charge in [0, 0.05) is 26.4 Å². The summed E-state index contributed by atoms with van der Waals surface area (Å²) in [7, 11) is 1.79. The fourth-order valence-electron chi connectivity index (χ4n) is 3.52. The van der Waals surface area contributed by atoms with E-state index in [0.29, 0.717) is 25.3 Å². The largest absolute Gasteiger partial charge is 0.494 e. The van der Waals surface area contributed by atoms with Crippen molar-refractivity contribution in [3.05, 3.63) is 60.2 Å². The van der Waals surface area contributed by atoms with Crippen LogP contribution < -0.4 is 14.8 Å². The predicted octanol–water partition coefficient (Wildman–Crippen LogP) is 3.42. The lowest BCUT2D eigenvalue weighted by atomic mass is 9.96. The average molecular weight is 427 g/mol. The van der Waals surface area contributed by atoms with Crippen molar-refractivity contribution in [2.45, 2.75) is 38.3 Å². The molecule has 1 fully saturated rings. The van der Waals surface area contributed by atoms with E-state index in [2.05, 4.69) is 5.32 Å². The molecule has 0 bridgehead atoms. The first-order chi connectivity index (χ1) is 14.9. The van der Waals surface area contributed by atoms with Gasteiger partial charge in [-0.15, -0.1) is 0 Å². The van der Waals surface area contributed by atoms with E-state index in [4.69, 9.17) is 14.2 Å². The van der Waals surface area contributed by atoms with E-state index in [0.717, 1.165) is 17.7 Å². The number of benzene rings is 2. The van der Waals surface area contributed by atoms with Gasteiger partial charge in [-0.2, -0.15) is 0 Å². The number of hydrogen-bond donors (Lipinski definition) is 1. The molecule has 2 amide bonds. The third-order valence-corrected chi connectivity index (χ3v) is 5.34. The SMILES string of the molecule is CCOC(=O)[C@](C)(Cc1ccc(OCCC2CNC(=O)N2C)cc1)Oc1ccccc1. The minimum atomic E-state index is -1.15. The molecule has 0 spiro atoms. The van der Waals surface area contributed by atoms with E-state index in [1.807, 2.05) is 54.6 Å². The molecule has 0 radical (unpaired) electrons. The maximum atomic E-state index is 12.7. The lowest BCUT2D eigenvalue weighted by molar-refractivity contribution is -0.160. The molecule has 31 heavy (non-hydrogen) atoms. The number of hydrogen-bond acceptors (Lipinski definition) is 5. The number of esters is 1. The molecule has 7 heteroatoms. The van der Waals surface area contributed by atoms with Gasteiger partial charge in [0.05, 0.1) is 19.3 Å². The normalized spacial score (nSPS) is 17.6. The standard InChI is InChI=1S/C24H30N2O5/c1-4-29-22(27)24(2,31-21-8-6-5-7-9-21)16-18-10-12-20(13-11-18)30-15-14-19-17-25-23(28)26(19)3/h5-13,19H,4,14-17H2,1-3H3,(H,25,28)/t19?,24-/m0/s1. The molecule has 3 rings (SSSR count). The Labute approximate surface area is 183 Å². The number of nitrogens with zero attached hydrogens (tertiary/aromatic N) is 1. The van der Waals surface area contributed by atoms with Gasteiger partial charge in [-0.1, -0.05) is 30.3 Å². The maximum absolute atomic E-state index is 12.7. The number of carbonyl (C=O) groups is 2. The summed E-state index contributed by atoms with van der Waals surface area (Å²) in [6.07, 6.45) is 1.12. The van der Waals surface area contributed by atoms with Gasteiger partial charge in [0.15, 0.2) is 0 Å². The van der Waals surface area contributed by atoms with E-state index in [9.17, 15) is 9.59 Å². The predicted molar refractivity (Wildman–Crippen MR) is 117 cm³/mol. The number of carbonyl (C=O) groups excluding carboxylic acids is 2. The molecule has 1 aliphatic heterocycles. The minimum absolute atomic E-state index is 0.0447. The third kappa shape index (κ3) is 5.90. The fourth-order valence-corrected chi connectivity index (χ4v) is 3.52. The number of ether oxygens (including phenoxy) is 3. The quantitative estimate of drug-likeness (QED) is 0.589. The summed E-state index contributed by atoms with van der Waals surface area (Å²) in [5, 5.41) is 2.81. The molecule has 0 saturated carbocycles. The van der Waals surface area contributed by atoms with Crippen LogP contribution in [0.15, 0.2) is 54.6 Å². The van der Waals surface area contributed by atoms with E-state index in [1.165, 1.54) is 0 Å². The summed E-state index contributed by atoms with van der Waals surface area (Å²) < 4.78 is 17.1. The molecule has 7 nitrogen and oxygen atoms in total. The van der Waals surface area contributed by atoms with Crippen LogP contribution >= 0.6 is 0 Å². The van der Waals surface area contributed by atoms with Crippen LogP contribution in [0.1, 0.15) is 25.8 Å². The van der Waals surface area contributed by atoms with Crippen LogP contribution in [0.5, 0.6) is 11.5 Å². The van der Waals surface area contributed by atoms with Crippen molar-refractivity contribution in [1.82, 2.24) is 10.2 Å². The summed E-state index contributed by atoms with van der Waals surface area (Å²) in [4.78, 5) is 25.9. The molecule has 1 heterocycles. The van der Waals surface area contributed by atoms with Crippen molar-refractivity contribution in [2.75, 3.05) is 26.8 Å². The topological polar surface area (TPSA) is 77.1 Å². The average Bonchev–Trinajstić information content (AvgIpc) is 3.08. The zero-order valence-electron chi connectivity index (χ0n) is 18.3. The molecule has 2 aromatic carbocycles. The molecule has 2 aromatic rings. The second kappa shape index (κ2) is 10.2. The highest BCUT2D eigenvalue weighted by Gasteiger charge is 2.37. The Morgan fingerprint density at radius 1 is 1.13 bits per heavy atom. The first kappa shape index (κ1) is 22.5. The van der Waals surface area contributed by atoms with E-state index >= 15 is 0 Å². The Morgan fingerprint density at radius 2 is 1.84 bits per heavy atom. The van der Waals surface area contributed by atoms with Crippen molar-refractivity contribution in [2.24, 2.45) is 0 Å². The summed E-state index contributed by atoms with van der Waals surface area (Å²) in [5.41, 5.74) is -0.212. The Balaban J connectivity index is 1.60. The van der Waals surface area contributed by atoms with E-state index < -0.39 is 11.6 Å². The zero-order chi connectivity index (χ0) is 22.3. The van der Waals surface area contributed by atoms with E-state index in [-0.39, 0.29) is 18.7 Å². The van der Waals surface area contributed by atoms with Gasteiger partial charge in [0.2, 0.25) is 5.60 Å². The molecule has 2 atom stereocenters. The second-order valence-corrected chi connectivity index (χ2v) is 7.78. The van der Waals surface area contributed by atoms with Crippen LogP contribution in [0.25, 0.3) is 0 Å². The third-order valence-electron chi connectivity index (χ3n) is 5.34. The molecule has 1 unspecified atom stereocenters. The first-order valence-corrected chi connectivity index (χ1v) is 10.5. The Kier molecular flexibility index (Phi) is 7.39. The van der Waals surface area contributed by atoms with Gasteiger partial charge >= 0.3 is 12.0 Å². The van der Waals surface area contributed by atoms with Crippen LogP contribution in [0, 0.1) is 0 Å². The first-order valence-electron chi connectivity index (χ1n) is 10.5. The smallest absolute Gasteiger partial charge is 0.350 e. The number of para-hydroxylation sites is 1. The number of amides is 2. The Morgan fingerprint density at radius 3 is 2.45 bits per heavy atom. The van der Waals surface area contributed by atoms with Crippen molar-refractivity contribution in [3.8, 4) is 11.5 Å². The lowest BCUT2D eigenvalue weighted by Gasteiger charge is -2.28. The van der Waals surface area contributed by atoms with Gasteiger partial charge in [0.25, 0.3) is 0 Å². The zero-order valence-corrected chi connectivity index (χ0v) is 18.3. The number of rotatable bonds is 10. The molecular formula is C24H30N2O5. The van der Waals surface area contributed by atoms with Gasteiger partial charge in [-0.05, 0) is 43.7 Å². The molecule has 166 valence electrons. The van der Waals surface area contributed by atoms with Gasteiger partial charge < -0.3 is 24.4 Å². The summed E-state index contributed by atoms with van der Waals surface area (Å²) in [6.45, 7) is 4.97. The minimum Gasteiger partial charge on any atom is -0.494 e. The highest BCUT2D eigenvalue weighted by Crippen LogP contribution is 2.25. The van der Waals surface area contributed by atoms with Crippen molar-refractivity contribution < 1.29 is 23.8 Å². The van der Waals surface area contributed by atoms with Crippen LogP contribution in [0.2, 0.25) is 0 Å². The van der Waals surface area contributed by atoms with Crippen molar-refractivity contribution in [1.29, 1.82) is 0 Å². The molecular weight excluding hydrogens is 396 g/mol. The van der Waals surface area contributed by atoms with Crippen LogP contribution in [0.3, 0.4) is 0 Å². The highest BCUT2D eigenvalue weighted by atomic mass is 16.6. The number of likely N-dealkylation sites (N-methyl/N-ethyl adjacent to an activating group) is 1. The summed E-state index contributed by atoms with van der Waals surface area (Å²) >= 11 is 0. The van der Waals surface area contributed by atoms with Gasteiger partial charge in [0.1, 0.15) is 11.5 Å². The molecule has 0 aromatic heterocycles. The second-order valence-electron chi connectivity index (χ2n) is 7.78. The fraction of sp³-hybridized carbons (Fsp3) is 0.417. The summed E-state index contributed by atoms with van der Waals surface area (Å²) in [6, 6.07) is 17.0. The maximum Gasteiger partial charge on any atom is 0.350 e. The van der Waals surface area contributed by atoms with Crippen LogP contribution in [0.4, 0.5) is 4.79 Å². The highest BCUT2D eigenvalue weighted by molar-refractivity contribution is 5.80.